The molecule has 32 heavy (non-hydrogen) atoms. The number of carbonyl (C=O) groups excluding carboxylic acids is 2. The number of nitrogens with zero attached hydrogens (tertiary/aromatic N) is 2. The molecule has 1 amide bonds. The minimum absolute atomic E-state index is 0.0507. The van der Waals surface area contributed by atoms with E-state index in [1.165, 1.54) is 27.8 Å². The SMILES string of the molecule is Cc1ccc(-c2csc3ncn(CC(=O)c4ccc5c(c4)NC(=O)CO5)c(=O)c23)cc1C. The quantitative estimate of drug-likeness (QED) is 0.480. The highest BCUT2D eigenvalue weighted by Crippen LogP contribution is 2.32. The number of hydrogen-bond donors (Lipinski definition) is 1. The molecule has 0 spiro atoms. The van der Waals surface area contributed by atoms with Gasteiger partial charge in [0.15, 0.2) is 12.4 Å². The first-order chi connectivity index (χ1) is 15.4. The number of anilines is 1. The lowest BCUT2D eigenvalue weighted by Gasteiger charge is -2.18. The lowest BCUT2D eigenvalue weighted by Crippen LogP contribution is -2.26. The fourth-order valence-corrected chi connectivity index (χ4v) is 4.61. The van der Waals surface area contributed by atoms with Crippen LogP contribution in [0.1, 0.15) is 21.5 Å². The molecule has 3 heterocycles. The van der Waals surface area contributed by atoms with Crippen LogP contribution in [0.4, 0.5) is 5.69 Å². The van der Waals surface area contributed by atoms with Gasteiger partial charge < -0.3 is 10.1 Å². The minimum Gasteiger partial charge on any atom is -0.482 e. The Balaban J connectivity index is 1.50. The molecule has 0 bridgehead atoms. The van der Waals surface area contributed by atoms with E-state index in [4.69, 9.17) is 4.74 Å². The maximum absolute atomic E-state index is 13.3. The normalized spacial score (nSPS) is 12.9. The third-order valence-electron chi connectivity index (χ3n) is 5.63. The Hall–Kier alpha value is -3.78. The summed E-state index contributed by atoms with van der Waals surface area (Å²) >= 11 is 1.41. The van der Waals surface area contributed by atoms with Gasteiger partial charge in [0.25, 0.3) is 11.5 Å². The van der Waals surface area contributed by atoms with Crippen molar-refractivity contribution in [1.29, 1.82) is 0 Å². The minimum atomic E-state index is -0.274. The van der Waals surface area contributed by atoms with Gasteiger partial charge in [0.1, 0.15) is 10.6 Å². The molecule has 5 rings (SSSR count). The third kappa shape index (κ3) is 3.48. The lowest BCUT2D eigenvalue weighted by molar-refractivity contribution is -0.118. The number of rotatable bonds is 4. The smallest absolute Gasteiger partial charge is 0.263 e. The third-order valence-corrected chi connectivity index (χ3v) is 6.51. The highest BCUT2D eigenvalue weighted by molar-refractivity contribution is 7.17. The Morgan fingerprint density at radius 3 is 2.81 bits per heavy atom. The molecule has 2 aromatic heterocycles. The van der Waals surface area contributed by atoms with Crippen molar-refractivity contribution >= 4 is 38.9 Å². The molecule has 160 valence electrons. The summed E-state index contributed by atoms with van der Waals surface area (Å²) in [5.41, 5.74) is 4.66. The molecule has 4 aromatic rings. The van der Waals surface area contributed by atoms with E-state index in [0.717, 1.165) is 16.7 Å². The number of ether oxygens (including phenoxy) is 1. The van der Waals surface area contributed by atoms with E-state index in [-0.39, 0.29) is 30.4 Å². The average Bonchev–Trinajstić information content (AvgIpc) is 3.22. The highest BCUT2D eigenvalue weighted by atomic mass is 32.1. The summed E-state index contributed by atoms with van der Waals surface area (Å²) < 4.78 is 6.66. The predicted molar refractivity (Wildman–Crippen MR) is 124 cm³/mol. The van der Waals surface area contributed by atoms with Crippen molar-refractivity contribution in [1.82, 2.24) is 9.55 Å². The first-order valence-electron chi connectivity index (χ1n) is 10.0. The number of hydrogen-bond acceptors (Lipinski definition) is 6. The Bertz CT molecular complexity index is 1470. The zero-order chi connectivity index (χ0) is 22.4. The van der Waals surface area contributed by atoms with Crippen LogP contribution in [0.5, 0.6) is 5.75 Å². The Labute approximate surface area is 187 Å². The Kier molecular flexibility index (Phi) is 4.86. The molecule has 0 aliphatic carbocycles. The molecule has 7 nitrogen and oxygen atoms in total. The van der Waals surface area contributed by atoms with E-state index in [1.54, 1.807) is 18.2 Å². The van der Waals surface area contributed by atoms with Gasteiger partial charge in [-0.15, -0.1) is 11.3 Å². The maximum atomic E-state index is 13.3. The van der Waals surface area contributed by atoms with Crippen LogP contribution in [0.2, 0.25) is 0 Å². The molecule has 0 radical (unpaired) electrons. The second-order valence-corrected chi connectivity index (χ2v) is 8.64. The van der Waals surface area contributed by atoms with Crippen LogP contribution in [-0.2, 0) is 11.3 Å². The maximum Gasteiger partial charge on any atom is 0.263 e. The lowest BCUT2D eigenvalue weighted by atomic mass is 10.0. The van der Waals surface area contributed by atoms with Crippen molar-refractivity contribution in [3.63, 3.8) is 0 Å². The van der Waals surface area contributed by atoms with Crippen LogP contribution in [0.15, 0.2) is 52.9 Å². The summed E-state index contributed by atoms with van der Waals surface area (Å²) in [6.45, 7) is 3.88. The Morgan fingerprint density at radius 1 is 1.16 bits per heavy atom. The number of carbonyl (C=O) groups is 2. The van der Waals surface area contributed by atoms with Crippen molar-refractivity contribution < 1.29 is 14.3 Å². The molecule has 0 saturated carbocycles. The van der Waals surface area contributed by atoms with Gasteiger partial charge in [-0.2, -0.15) is 0 Å². The van der Waals surface area contributed by atoms with Gasteiger partial charge >= 0.3 is 0 Å². The van der Waals surface area contributed by atoms with Gasteiger partial charge in [-0.25, -0.2) is 4.98 Å². The number of ketones is 1. The van der Waals surface area contributed by atoms with Crippen molar-refractivity contribution in [3.8, 4) is 16.9 Å². The summed E-state index contributed by atoms with van der Waals surface area (Å²) in [6.07, 6.45) is 1.41. The van der Waals surface area contributed by atoms with E-state index in [2.05, 4.69) is 16.4 Å². The van der Waals surface area contributed by atoms with E-state index >= 15 is 0 Å². The number of amides is 1. The second kappa shape index (κ2) is 7.72. The van der Waals surface area contributed by atoms with Crippen LogP contribution < -0.4 is 15.6 Å². The standard InChI is InChI=1S/C24H19N3O4S/c1-13-3-4-15(7-14(13)2)17-11-32-23-22(17)24(30)27(12-25-23)9-19(28)16-5-6-20-18(8-16)26-21(29)10-31-20/h3-8,11-12H,9-10H2,1-2H3,(H,26,29). The summed E-state index contributed by atoms with van der Waals surface area (Å²) in [5, 5.41) is 5.14. The number of aromatic nitrogens is 2. The first kappa shape index (κ1) is 20.1. The predicted octanol–water partition coefficient (Wildman–Crippen LogP) is 3.96. The largest absolute Gasteiger partial charge is 0.482 e. The molecule has 0 fully saturated rings. The zero-order valence-corrected chi connectivity index (χ0v) is 18.3. The van der Waals surface area contributed by atoms with Gasteiger partial charge in [-0.05, 0) is 48.7 Å². The van der Waals surface area contributed by atoms with Crippen molar-refractivity contribution in [2.75, 3.05) is 11.9 Å². The molecule has 1 aliphatic rings. The van der Waals surface area contributed by atoms with Gasteiger partial charge in [0, 0.05) is 16.5 Å². The van der Waals surface area contributed by atoms with Gasteiger partial charge in [-0.1, -0.05) is 18.2 Å². The van der Waals surface area contributed by atoms with Crippen LogP contribution in [0, 0.1) is 13.8 Å². The fourth-order valence-electron chi connectivity index (χ4n) is 3.70. The monoisotopic (exact) mass is 445 g/mol. The summed E-state index contributed by atoms with van der Waals surface area (Å²) in [7, 11) is 0. The molecule has 0 unspecified atom stereocenters. The summed E-state index contributed by atoms with van der Waals surface area (Å²) in [4.78, 5) is 42.8. The van der Waals surface area contributed by atoms with Crippen molar-refractivity contribution in [2.24, 2.45) is 0 Å². The number of aryl methyl sites for hydroxylation is 2. The molecule has 8 heteroatoms. The van der Waals surface area contributed by atoms with Crippen LogP contribution in [0.3, 0.4) is 0 Å². The van der Waals surface area contributed by atoms with E-state index in [0.29, 0.717) is 27.2 Å². The summed E-state index contributed by atoms with van der Waals surface area (Å²) in [5.74, 6) is -0.0270. The van der Waals surface area contributed by atoms with Crippen molar-refractivity contribution in [3.05, 3.63) is 75.1 Å². The van der Waals surface area contributed by atoms with E-state index in [9.17, 15) is 14.4 Å². The zero-order valence-electron chi connectivity index (χ0n) is 17.5. The number of benzene rings is 2. The number of thiophene rings is 1. The number of fused-ring (bicyclic) bond motifs is 2. The van der Waals surface area contributed by atoms with E-state index < -0.39 is 0 Å². The molecule has 0 atom stereocenters. The number of nitrogens with one attached hydrogen (secondary N) is 1. The second-order valence-electron chi connectivity index (χ2n) is 7.78. The molecular formula is C24H19N3O4S. The molecular weight excluding hydrogens is 426 g/mol. The van der Waals surface area contributed by atoms with Crippen LogP contribution in [-0.4, -0.2) is 27.8 Å². The summed E-state index contributed by atoms with van der Waals surface area (Å²) in [6, 6.07) is 10.9. The van der Waals surface area contributed by atoms with E-state index in [1.807, 2.05) is 31.4 Å². The average molecular weight is 446 g/mol. The highest BCUT2D eigenvalue weighted by Gasteiger charge is 2.19. The number of Topliss-reactive ketones (excluding diaryl/α,β-unsaturated/α-hetero) is 1. The van der Waals surface area contributed by atoms with Crippen molar-refractivity contribution in [2.45, 2.75) is 20.4 Å². The molecule has 2 aromatic carbocycles. The van der Waals surface area contributed by atoms with Gasteiger partial charge in [-0.3, -0.25) is 19.0 Å². The molecule has 1 N–H and O–H groups in total. The molecule has 0 saturated heterocycles. The van der Waals surface area contributed by atoms with Gasteiger partial charge in [0.05, 0.1) is 23.9 Å². The van der Waals surface area contributed by atoms with Gasteiger partial charge in [0.2, 0.25) is 0 Å². The van der Waals surface area contributed by atoms with Crippen LogP contribution >= 0.6 is 11.3 Å². The topological polar surface area (TPSA) is 90.3 Å². The Morgan fingerprint density at radius 2 is 2.00 bits per heavy atom. The molecule has 1 aliphatic heterocycles. The van der Waals surface area contributed by atoms with Crippen LogP contribution in [0.25, 0.3) is 21.3 Å². The fraction of sp³-hybridized carbons (Fsp3) is 0.167. The first-order valence-corrected chi connectivity index (χ1v) is 10.9.